The molecule has 9 atom stereocenters. The molecule has 1 aromatic carbocycles. The van der Waals surface area contributed by atoms with E-state index < -0.39 is 60.5 Å². The summed E-state index contributed by atoms with van der Waals surface area (Å²) in [6.07, 6.45) is 3.91. The van der Waals surface area contributed by atoms with Crippen molar-refractivity contribution in [3.05, 3.63) is 52.6 Å². The number of ketones is 1. The summed E-state index contributed by atoms with van der Waals surface area (Å²) in [7, 11) is 3.57. The van der Waals surface area contributed by atoms with Crippen molar-refractivity contribution in [3.8, 4) is 0 Å². The zero-order valence-corrected chi connectivity index (χ0v) is 39.8. The fourth-order valence-electron chi connectivity index (χ4n) is 8.13. The van der Waals surface area contributed by atoms with Gasteiger partial charge in [-0.25, -0.2) is 14.8 Å². The molecular weight excluding hydrogens is 869 g/mol. The van der Waals surface area contributed by atoms with Gasteiger partial charge in [0.1, 0.15) is 24.0 Å². The van der Waals surface area contributed by atoms with E-state index in [1.54, 1.807) is 47.8 Å². The van der Waals surface area contributed by atoms with Gasteiger partial charge in [0.15, 0.2) is 29.8 Å². The van der Waals surface area contributed by atoms with Crippen molar-refractivity contribution in [1.29, 1.82) is 0 Å². The number of aromatic nitrogens is 4. The van der Waals surface area contributed by atoms with Crippen LogP contribution < -0.4 is 16.2 Å². The Morgan fingerprint density at radius 1 is 0.866 bits per heavy atom. The van der Waals surface area contributed by atoms with Gasteiger partial charge in [0.05, 0.1) is 36.9 Å². The second kappa shape index (κ2) is 26.1. The topological polar surface area (TPSA) is 244 Å². The lowest BCUT2D eigenvalue weighted by atomic mass is 9.87. The molecule has 2 aromatic heterocycles. The Hall–Kier alpha value is -5.57. The Morgan fingerprint density at radius 2 is 1.58 bits per heavy atom. The van der Waals surface area contributed by atoms with Crippen LogP contribution >= 0.6 is 0 Å². The summed E-state index contributed by atoms with van der Waals surface area (Å²) >= 11 is 0. The number of ether oxygens (including phenoxy) is 6. The molecule has 0 radical (unpaired) electrons. The highest BCUT2D eigenvalue weighted by Crippen LogP contribution is 2.37. The molecule has 3 aromatic rings. The Balaban J connectivity index is 1.05. The average Bonchev–Trinajstić information content (AvgIpc) is 3.88. The highest BCUT2D eigenvalue weighted by Gasteiger charge is 2.49. The molecule has 0 aliphatic carbocycles. The zero-order valence-electron chi connectivity index (χ0n) is 39.8. The minimum Gasteiger partial charge on any atom is -0.456 e. The van der Waals surface area contributed by atoms with Gasteiger partial charge in [-0.15, -0.1) is 0 Å². The number of rotatable bonds is 26. The molecule has 4 heterocycles. The fraction of sp³-hybridized carbons (Fsp3) is 0.638. The molecule has 368 valence electrons. The summed E-state index contributed by atoms with van der Waals surface area (Å²) < 4.78 is 38.7. The minimum absolute atomic E-state index is 0.0317. The van der Waals surface area contributed by atoms with Crippen LogP contribution in [-0.2, 0) is 47.6 Å². The first-order valence-corrected chi connectivity index (χ1v) is 23.4. The van der Waals surface area contributed by atoms with Crippen molar-refractivity contribution in [1.82, 2.24) is 35.1 Å². The van der Waals surface area contributed by atoms with Crippen LogP contribution in [-0.4, -0.2) is 137 Å². The largest absolute Gasteiger partial charge is 0.456 e. The molecule has 5 rings (SSSR count). The van der Waals surface area contributed by atoms with Gasteiger partial charge in [-0.1, -0.05) is 51.8 Å². The van der Waals surface area contributed by atoms with Gasteiger partial charge in [-0.2, -0.15) is 4.98 Å². The van der Waals surface area contributed by atoms with E-state index in [0.29, 0.717) is 57.2 Å². The van der Waals surface area contributed by atoms with E-state index in [1.807, 2.05) is 26.8 Å². The number of amides is 2. The smallest absolute Gasteiger partial charge is 0.338 e. The number of imidazole rings is 1. The lowest BCUT2D eigenvalue weighted by molar-refractivity contribution is -0.249. The molecule has 0 spiro atoms. The first-order valence-electron chi connectivity index (χ1n) is 23.4. The normalized spacial score (nSPS) is 23.8. The number of hydrogen-bond acceptors (Lipinski definition) is 15. The van der Waals surface area contributed by atoms with Crippen LogP contribution in [0.5, 0.6) is 0 Å². The number of aromatic amines is 1. The van der Waals surface area contributed by atoms with Crippen LogP contribution in [0.15, 0.2) is 46.4 Å². The second-order valence-corrected chi connectivity index (χ2v) is 17.3. The van der Waals surface area contributed by atoms with E-state index in [2.05, 4.69) is 30.6 Å². The van der Waals surface area contributed by atoms with Gasteiger partial charge >= 0.3 is 11.9 Å². The quantitative estimate of drug-likeness (QED) is 0.0428. The van der Waals surface area contributed by atoms with Gasteiger partial charge in [0.2, 0.25) is 17.8 Å². The SMILES string of the molecule is CC[C@H]1O[C@@H](n2cnc3c(=O)[nH]c(N=CN(C)C)nc32)[C@@H](OC(=O)CCC(C)=O)C1OCCCCCCNC(=O)CCCCO[C@@H]1O[C@H](CC)[C@H](C)[C@H](OC(=O)c2ccccc2)[C@H]1NC(C)=O. The van der Waals surface area contributed by atoms with Crippen molar-refractivity contribution >= 4 is 53.0 Å². The third-order valence-corrected chi connectivity index (χ3v) is 11.6. The molecule has 2 saturated heterocycles. The molecule has 2 fully saturated rings. The maximum absolute atomic E-state index is 13.0. The third kappa shape index (κ3) is 15.2. The predicted octanol–water partition coefficient (Wildman–Crippen LogP) is 4.68. The molecule has 2 amide bonds. The molecule has 0 saturated carbocycles. The predicted molar refractivity (Wildman–Crippen MR) is 246 cm³/mol. The molecule has 2 aliphatic rings. The average molecular weight is 937 g/mol. The summed E-state index contributed by atoms with van der Waals surface area (Å²) in [5.41, 5.74) is 0.186. The number of aliphatic imine (C=N–C) groups is 1. The maximum Gasteiger partial charge on any atom is 0.338 e. The van der Waals surface area contributed by atoms with E-state index in [-0.39, 0.29) is 66.2 Å². The lowest BCUT2D eigenvalue weighted by Crippen LogP contribution is -2.62. The Labute approximate surface area is 391 Å². The van der Waals surface area contributed by atoms with Crippen LogP contribution in [0.25, 0.3) is 11.2 Å². The number of benzene rings is 1. The second-order valence-electron chi connectivity index (χ2n) is 17.3. The summed E-state index contributed by atoms with van der Waals surface area (Å²) in [5, 5.41) is 5.87. The number of esters is 2. The molecule has 1 unspecified atom stereocenters. The highest BCUT2D eigenvalue weighted by atomic mass is 16.7. The van der Waals surface area contributed by atoms with E-state index in [9.17, 15) is 28.8 Å². The number of carbonyl (C=O) groups excluding carboxylic acids is 5. The van der Waals surface area contributed by atoms with Crippen molar-refractivity contribution in [3.63, 3.8) is 0 Å². The summed E-state index contributed by atoms with van der Waals surface area (Å²) in [6.45, 7) is 9.82. The van der Waals surface area contributed by atoms with Crippen LogP contribution in [0.2, 0.25) is 0 Å². The number of nitrogens with one attached hydrogen (secondary N) is 3. The van der Waals surface area contributed by atoms with Crippen molar-refractivity contribution in [2.75, 3.05) is 33.9 Å². The molecular formula is C47H68N8O12. The Kier molecular flexibility index (Phi) is 20.4. The molecule has 67 heavy (non-hydrogen) atoms. The standard InChI is InChI=1S/C47H68N8O12/c1-8-33-30(4)39(67-45(61)32-19-13-12-14-20-32)37(51-31(5)57)46(65-33)63-26-18-15-21-35(58)48-24-16-10-11-17-25-62-40-34(9-2)64-44(41(40)66-36(59)23-22-29(3)56)55-28-49-38-42(55)52-47(53-43(38)60)50-27-54(6)7/h12-14,19-20,27-28,30,33-34,37,39-41,44,46H,8-11,15-18,21-26H2,1-7H3,(H,48,58)(H,51,57)(H,52,53,60)/t30-,33+,34+,37+,39-,40?,41-,44+,46+/m0/s1. The summed E-state index contributed by atoms with van der Waals surface area (Å²) in [5.74, 6) is -1.71. The summed E-state index contributed by atoms with van der Waals surface area (Å²) in [6, 6.07) is 7.98. The number of unbranched alkanes of at least 4 members (excludes halogenated alkanes) is 4. The van der Waals surface area contributed by atoms with Gasteiger partial charge < -0.3 is 48.7 Å². The molecule has 3 N–H and O–H groups in total. The van der Waals surface area contributed by atoms with Crippen molar-refractivity contribution in [2.24, 2.45) is 10.9 Å². The maximum atomic E-state index is 13.0. The molecule has 20 heteroatoms. The highest BCUT2D eigenvalue weighted by molar-refractivity contribution is 5.89. The number of fused-ring (bicyclic) bond motifs is 1. The van der Waals surface area contributed by atoms with Gasteiger partial charge in [0.25, 0.3) is 5.56 Å². The Morgan fingerprint density at radius 3 is 2.28 bits per heavy atom. The number of hydrogen-bond donors (Lipinski definition) is 3. The lowest BCUT2D eigenvalue weighted by Gasteiger charge is -2.45. The van der Waals surface area contributed by atoms with Crippen molar-refractivity contribution < 1.29 is 52.4 Å². The third-order valence-electron chi connectivity index (χ3n) is 11.6. The fourth-order valence-corrected chi connectivity index (χ4v) is 8.13. The summed E-state index contributed by atoms with van der Waals surface area (Å²) in [4.78, 5) is 92.8. The number of Topliss-reactive ketones (excluding diaryl/α,β-unsaturated/α-hetero) is 1. The van der Waals surface area contributed by atoms with Crippen LogP contribution in [0.3, 0.4) is 0 Å². The van der Waals surface area contributed by atoms with Crippen LogP contribution in [0.4, 0.5) is 5.95 Å². The number of carbonyl (C=O) groups is 5. The van der Waals surface area contributed by atoms with E-state index >= 15 is 0 Å². The number of H-pyrrole nitrogens is 1. The van der Waals surface area contributed by atoms with Gasteiger partial charge in [0, 0.05) is 59.5 Å². The minimum atomic E-state index is -0.930. The number of nitrogens with zero attached hydrogens (tertiary/aromatic N) is 5. The van der Waals surface area contributed by atoms with Crippen molar-refractivity contribution in [2.45, 2.75) is 154 Å². The van der Waals surface area contributed by atoms with E-state index in [4.69, 9.17) is 28.4 Å². The molecule has 0 bridgehead atoms. The Bertz CT molecular complexity index is 2180. The van der Waals surface area contributed by atoms with Gasteiger partial charge in [-0.3, -0.25) is 28.7 Å². The van der Waals surface area contributed by atoms with E-state index in [0.717, 1.165) is 19.3 Å². The first-order chi connectivity index (χ1) is 32.2. The van der Waals surface area contributed by atoms with E-state index in [1.165, 1.54) is 26.5 Å². The first kappa shape index (κ1) is 52.4. The van der Waals surface area contributed by atoms with Gasteiger partial charge in [-0.05, 0) is 57.6 Å². The van der Waals surface area contributed by atoms with Crippen LogP contribution in [0, 0.1) is 5.92 Å². The molecule has 20 nitrogen and oxygen atoms in total. The zero-order chi connectivity index (χ0) is 48.5. The monoisotopic (exact) mass is 936 g/mol. The molecule has 2 aliphatic heterocycles. The van der Waals surface area contributed by atoms with Crippen LogP contribution in [0.1, 0.15) is 122 Å².